The Balaban J connectivity index is 1.55. The number of para-hydroxylation sites is 1. The minimum absolute atomic E-state index is 0.451. The van der Waals surface area contributed by atoms with Gasteiger partial charge in [0.05, 0.1) is 16.9 Å². The summed E-state index contributed by atoms with van der Waals surface area (Å²) in [6.45, 7) is 6.68. The molecule has 1 fully saturated rings. The topological polar surface area (TPSA) is 69.7 Å². The van der Waals surface area contributed by atoms with E-state index in [2.05, 4.69) is 39.2 Å². The number of nitrogens with zero attached hydrogens (tertiary/aromatic N) is 4. The average Bonchev–Trinajstić information content (AvgIpc) is 3.06. The van der Waals surface area contributed by atoms with Crippen LogP contribution in [0.4, 0.5) is 17.3 Å². The molecule has 4 rings (SSSR count). The number of rotatable bonds is 4. The van der Waals surface area contributed by atoms with Gasteiger partial charge in [-0.25, -0.2) is 9.97 Å². The second kappa shape index (κ2) is 6.76. The summed E-state index contributed by atoms with van der Waals surface area (Å²) >= 11 is 6.21. The minimum atomic E-state index is 0.451. The van der Waals surface area contributed by atoms with Crippen LogP contribution in [0.25, 0.3) is 11.2 Å². The molecule has 0 radical (unpaired) electrons. The van der Waals surface area contributed by atoms with E-state index in [0.717, 1.165) is 24.6 Å². The van der Waals surface area contributed by atoms with Crippen molar-refractivity contribution < 1.29 is 0 Å². The second-order valence-electron chi connectivity index (χ2n) is 7.26. The average molecular weight is 371 g/mol. The molecule has 3 heterocycles. The lowest BCUT2D eigenvalue weighted by atomic mass is 9.78. The minimum Gasteiger partial charge on any atom is -0.355 e. The molecular weight excluding hydrogens is 348 g/mol. The number of aromatic nitrogens is 4. The van der Waals surface area contributed by atoms with Crippen LogP contribution in [0.1, 0.15) is 33.1 Å². The lowest BCUT2D eigenvalue weighted by Crippen LogP contribution is -2.38. The molecule has 0 spiro atoms. The van der Waals surface area contributed by atoms with Crippen LogP contribution in [0.5, 0.6) is 0 Å². The van der Waals surface area contributed by atoms with Crippen molar-refractivity contribution in [3.05, 3.63) is 35.5 Å². The molecule has 0 aliphatic carbocycles. The standard InChI is InChI=1S/C19H23ClN6/c1-3-19(2)8-10-26(11-9-19)15-12-21-16-17(24-25-18(16)23-15)22-14-7-5-4-6-13(14)20/h4-7,12H,3,8-11H2,1-2H3,(H2,22,23,24,25). The number of hydrogen-bond acceptors (Lipinski definition) is 5. The molecule has 1 saturated heterocycles. The second-order valence-corrected chi connectivity index (χ2v) is 7.66. The first-order valence-corrected chi connectivity index (χ1v) is 9.43. The highest BCUT2D eigenvalue weighted by molar-refractivity contribution is 6.33. The van der Waals surface area contributed by atoms with Gasteiger partial charge in [-0.15, -0.1) is 0 Å². The van der Waals surface area contributed by atoms with Crippen LogP contribution >= 0.6 is 11.6 Å². The quantitative estimate of drug-likeness (QED) is 0.692. The van der Waals surface area contributed by atoms with Gasteiger partial charge >= 0.3 is 0 Å². The molecule has 1 aliphatic heterocycles. The van der Waals surface area contributed by atoms with Gasteiger partial charge in [0, 0.05) is 13.1 Å². The summed E-state index contributed by atoms with van der Waals surface area (Å²) in [6, 6.07) is 7.58. The molecule has 2 aromatic heterocycles. The number of H-pyrrole nitrogens is 1. The Hall–Kier alpha value is -2.34. The summed E-state index contributed by atoms with van der Waals surface area (Å²) in [5, 5.41) is 11.2. The van der Waals surface area contributed by atoms with E-state index in [4.69, 9.17) is 16.6 Å². The zero-order valence-electron chi connectivity index (χ0n) is 15.1. The lowest BCUT2D eigenvalue weighted by Gasteiger charge is -2.39. The zero-order valence-corrected chi connectivity index (χ0v) is 15.8. The molecule has 1 aromatic carbocycles. The predicted molar refractivity (Wildman–Crippen MR) is 106 cm³/mol. The number of anilines is 3. The van der Waals surface area contributed by atoms with E-state index < -0.39 is 0 Å². The third-order valence-corrected chi connectivity index (χ3v) is 5.86. The first-order valence-electron chi connectivity index (χ1n) is 9.06. The van der Waals surface area contributed by atoms with Crippen molar-refractivity contribution in [3.8, 4) is 0 Å². The van der Waals surface area contributed by atoms with Gasteiger partial charge in [0.1, 0.15) is 5.82 Å². The van der Waals surface area contributed by atoms with Crippen LogP contribution in [-0.4, -0.2) is 33.3 Å². The van der Waals surface area contributed by atoms with Gasteiger partial charge in [0.25, 0.3) is 0 Å². The number of hydrogen-bond donors (Lipinski definition) is 2. The fourth-order valence-corrected chi connectivity index (χ4v) is 3.54. The van der Waals surface area contributed by atoms with E-state index in [1.807, 2.05) is 30.5 Å². The van der Waals surface area contributed by atoms with E-state index in [-0.39, 0.29) is 0 Å². The Morgan fingerprint density at radius 1 is 1.27 bits per heavy atom. The molecule has 2 N–H and O–H groups in total. The maximum absolute atomic E-state index is 6.21. The third-order valence-electron chi connectivity index (χ3n) is 5.53. The van der Waals surface area contributed by atoms with E-state index in [1.54, 1.807) is 0 Å². The van der Waals surface area contributed by atoms with Gasteiger partial charge in [-0.1, -0.05) is 44.0 Å². The van der Waals surface area contributed by atoms with Crippen LogP contribution < -0.4 is 10.2 Å². The van der Waals surface area contributed by atoms with Gasteiger partial charge < -0.3 is 10.2 Å². The fourth-order valence-electron chi connectivity index (χ4n) is 3.35. The van der Waals surface area contributed by atoms with Crippen molar-refractivity contribution in [3.63, 3.8) is 0 Å². The van der Waals surface area contributed by atoms with Gasteiger partial charge in [0.2, 0.25) is 5.65 Å². The number of halogens is 1. The van der Waals surface area contributed by atoms with Crippen LogP contribution in [0.15, 0.2) is 30.5 Å². The number of fused-ring (bicyclic) bond motifs is 1. The summed E-state index contributed by atoms with van der Waals surface area (Å²) in [4.78, 5) is 11.6. The molecule has 0 saturated carbocycles. The summed E-state index contributed by atoms with van der Waals surface area (Å²) in [5.41, 5.74) is 2.58. The Labute approximate surface area is 158 Å². The number of benzene rings is 1. The molecule has 3 aromatic rings. The van der Waals surface area contributed by atoms with Crippen molar-refractivity contribution in [2.24, 2.45) is 5.41 Å². The molecule has 0 atom stereocenters. The van der Waals surface area contributed by atoms with Gasteiger partial charge in [-0.2, -0.15) is 5.10 Å². The van der Waals surface area contributed by atoms with Crippen molar-refractivity contribution in [2.75, 3.05) is 23.3 Å². The summed E-state index contributed by atoms with van der Waals surface area (Å²) in [6.07, 6.45) is 5.43. The molecule has 136 valence electrons. The summed E-state index contributed by atoms with van der Waals surface area (Å²) < 4.78 is 0. The highest BCUT2D eigenvalue weighted by Gasteiger charge is 2.29. The smallest absolute Gasteiger partial charge is 0.203 e. The van der Waals surface area contributed by atoms with Crippen molar-refractivity contribution >= 4 is 40.1 Å². The predicted octanol–water partition coefficient (Wildman–Crippen LogP) is 4.77. The fraction of sp³-hybridized carbons (Fsp3) is 0.421. The van der Waals surface area contributed by atoms with Gasteiger partial charge in [-0.05, 0) is 30.4 Å². The largest absolute Gasteiger partial charge is 0.355 e. The van der Waals surface area contributed by atoms with E-state index in [0.29, 0.717) is 27.4 Å². The number of piperidine rings is 1. The SMILES string of the molecule is CCC1(C)CCN(c2cnc3c(Nc4ccccc4Cl)[nH]nc3n2)CC1. The Morgan fingerprint density at radius 3 is 2.77 bits per heavy atom. The highest BCUT2D eigenvalue weighted by atomic mass is 35.5. The molecule has 6 nitrogen and oxygen atoms in total. The first kappa shape index (κ1) is 17.1. The van der Waals surface area contributed by atoms with Crippen molar-refractivity contribution in [1.82, 2.24) is 20.2 Å². The molecule has 0 bridgehead atoms. The van der Waals surface area contributed by atoms with Crippen LogP contribution in [0.3, 0.4) is 0 Å². The van der Waals surface area contributed by atoms with E-state index >= 15 is 0 Å². The molecule has 0 unspecified atom stereocenters. The maximum Gasteiger partial charge on any atom is 0.203 e. The Kier molecular flexibility index (Phi) is 4.44. The van der Waals surface area contributed by atoms with Crippen LogP contribution in [0.2, 0.25) is 5.02 Å². The Bertz CT molecular complexity index is 913. The highest BCUT2D eigenvalue weighted by Crippen LogP contribution is 2.35. The molecule has 0 amide bonds. The monoisotopic (exact) mass is 370 g/mol. The molecule has 7 heteroatoms. The van der Waals surface area contributed by atoms with Gasteiger partial charge in [-0.3, -0.25) is 5.10 Å². The summed E-state index contributed by atoms with van der Waals surface area (Å²) in [5.74, 6) is 1.59. The molecular formula is C19H23ClN6. The lowest BCUT2D eigenvalue weighted by molar-refractivity contribution is 0.238. The first-order chi connectivity index (χ1) is 12.6. The maximum atomic E-state index is 6.21. The Morgan fingerprint density at radius 2 is 2.04 bits per heavy atom. The van der Waals surface area contributed by atoms with E-state index in [9.17, 15) is 0 Å². The normalized spacial score (nSPS) is 16.8. The van der Waals surface area contributed by atoms with Crippen molar-refractivity contribution in [2.45, 2.75) is 33.1 Å². The summed E-state index contributed by atoms with van der Waals surface area (Å²) in [7, 11) is 0. The van der Waals surface area contributed by atoms with Crippen molar-refractivity contribution in [1.29, 1.82) is 0 Å². The van der Waals surface area contributed by atoms with Crippen LogP contribution in [-0.2, 0) is 0 Å². The van der Waals surface area contributed by atoms with E-state index in [1.165, 1.54) is 19.3 Å². The van der Waals surface area contributed by atoms with Crippen LogP contribution in [0, 0.1) is 5.41 Å². The number of nitrogens with one attached hydrogen (secondary N) is 2. The molecule has 26 heavy (non-hydrogen) atoms. The number of aromatic amines is 1. The molecule has 1 aliphatic rings. The zero-order chi connectivity index (χ0) is 18.1. The third kappa shape index (κ3) is 3.21. The van der Waals surface area contributed by atoms with Gasteiger partial charge in [0.15, 0.2) is 11.3 Å².